The van der Waals surface area contributed by atoms with Crippen molar-refractivity contribution in [3.8, 4) is 5.75 Å². The van der Waals surface area contributed by atoms with E-state index in [4.69, 9.17) is 4.74 Å². The van der Waals surface area contributed by atoms with Gasteiger partial charge in [0.2, 0.25) is 5.91 Å². The zero-order valence-corrected chi connectivity index (χ0v) is 20.7. The molecule has 9 heteroatoms. The SMILES string of the molecule is CCNC(=NCc1cccc(OC)c1)NCc1ccc(C(=O)N2CCNC(=O)C2)cc1.I. The molecule has 0 saturated carbocycles. The number of carbonyl (C=O) groups is 2. The third-order valence-electron chi connectivity index (χ3n) is 4.88. The van der Waals surface area contributed by atoms with Gasteiger partial charge >= 0.3 is 0 Å². The molecule has 3 rings (SSSR count). The van der Waals surface area contributed by atoms with Crippen LogP contribution in [-0.2, 0) is 17.9 Å². The maximum absolute atomic E-state index is 12.6. The van der Waals surface area contributed by atoms with E-state index in [1.165, 1.54) is 0 Å². The van der Waals surface area contributed by atoms with Gasteiger partial charge in [0, 0.05) is 31.7 Å². The minimum absolute atomic E-state index is 0. The zero-order valence-electron chi connectivity index (χ0n) is 18.4. The molecule has 1 aliphatic rings. The molecule has 1 fully saturated rings. The fraction of sp³-hybridized carbons (Fsp3) is 0.348. The van der Waals surface area contributed by atoms with Crippen molar-refractivity contribution < 1.29 is 14.3 Å². The molecule has 0 bridgehead atoms. The molecule has 2 aromatic rings. The van der Waals surface area contributed by atoms with Crippen LogP contribution in [0.5, 0.6) is 5.75 Å². The van der Waals surface area contributed by atoms with Crippen LogP contribution in [0.15, 0.2) is 53.5 Å². The summed E-state index contributed by atoms with van der Waals surface area (Å²) in [5.74, 6) is 1.28. The molecule has 0 aromatic heterocycles. The second-order valence-electron chi connectivity index (χ2n) is 7.17. The van der Waals surface area contributed by atoms with Crippen molar-refractivity contribution in [1.82, 2.24) is 20.9 Å². The van der Waals surface area contributed by atoms with Gasteiger partial charge in [-0.25, -0.2) is 4.99 Å². The average molecular weight is 551 g/mol. The van der Waals surface area contributed by atoms with Crippen molar-refractivity contribution >= 4 is 41.8 Å². The lowest BCUT2D eigenvalue weighted by atomic mass is 10.1. The number of hydrogen-bond acceptors (Lipinski definition) is 4. The van der Waals surface area contributed by atoms with E-state index >= 15 is 0 Å². The van der Waals surface area contributed by atoms with Gasteiger partial charge in [0.15, 0.2) is 5.96 Å². The monoisotopic (exact) mass is 551 g/mol. The summed E-state index contributed by atoms with van der Waals surface area (Å²) in [4.78, 5) is 30.3. The van der Waals surface area contributed by atoms with Gasteiger partial charge in [0.05, 0.1) is 20.2 Å². The number of aliphatic imine (C=N–C) groups is 1. The first-order valence-electron chi connectivity index (χ1n) is 10.4. The molecule has 8 nitrogen and oxygen atoms in total. The summed E-state index contributed by atoms with van der Waals surface area (Å²) < 4.78 is 5.26. The van der Waals surface area contributed by atoms with Crippen LogP contribution in [-0.4, -0.2) is 56.0 Å². The zero-order chi connectivity index (χ0) is 22.1. The molecule has 2 aromatic carbocycles. The molecule has 3 N–H and O–H groups in total. The molecule has 1 heterocycles. The Labute approximate surface area is 205 Å². The summed E-state index contributed by atoms with van der Waals surface area (Å²) in [5, 5.41) is 9.28. The highest BCUT2D eigenvalue weighted by atomic mass is 127. The molecular weight excluding hydrogens is 521 g/mol. The Bertz CT molecular complexity index is 933. The summed E-state index contributed by atoms with van der Waals surface area (Å²) in [7, 11) is 1.65. The van der Waals surface area contributed by atoms with Crippen LogP contribution in [0.1, 0.15) is 28.4 Å². The Hall–Kier alpha value is -2.82. The Morgan fingerprint density at radius 3 is 2.62 bits per heavy atom. The topological polar surface area (TPSA) is 95.1 Å². The Kier molecular flexibility index (Phi) is 10.3. The maximum Gasteiger partial charge on any atom is 0.254 e. The van der Waals surface area contributed by atoms with E-state index in [9.17, 15) is 9.59 Å². The number of rotatable bonds is 7. The summed E-state index contributed by atoms with van der Waals surface area (Å²) in [6.07, 6.45) is 0. The molecule has 172 valence electrons. The van der Waals surface area contributed by atoms with Crippen LogP contribution >= 0.6 is 24.0 Å². The fourth-order valence-corrected chi connectivity index (χ4v) is 3.23. The number of guanidine groups is 1. The quantitative estimate of drug-likeness (QED) is 0.279. The van der Waals surface area contributed by atoms with Gasteiger partial charge in [-0.2, -0.15) is 0 Å². The number of hydrogen-bond donors (Lipinski definition) is 3. The molecule has 1 aliphatic heterocycles. The fourth-order valence-electron chi connectivity index (χ4n) is 3.23. The van der Waals surface area contributed by atoms with Crippen LogP contribution in [0, 0.1) is 0 Å². The molecule has 1 saturated heterocycles. The summed E-state index contributed by atoms with van der Waals surface area (Å²) in [5.41, 5.74) is 2.67. The molecule has 0 spiro atoms. The lowest BCUT2D eigenvalue weighted by Gasteiger charge is -2.26. The number of methoxy groups -OCH3 is 1. The van der Waals surface area contributed by atoms with E-state index in [0.717, 1.165) is 23.4 Å². The van der Waals surface area contributed by atoms with E-state index in [2.05, 4.69) is 20.9 Å². The number of carbonyl (C=O) groups excluding carboxylic acids is 2. The minimum atomic E-state index is -0.123. The first-order valence-corrected chi connectivity index (χ1v) is 10.4. The molecule has 0 atom stereocenters. The molecular formula is C23H30IN5O3. The van der Waals surface area contributed by atoms with Crippen LogP contribution in [0.25, 0.3) is 0 Å². The number of nitrogens with one attached hydrogen (secondary N) is 3. The third kappa shape index (κ3) is 7.40. The van der Waals surface area contributed by atoms with Crippen molar-refractivity contribution in [2.45, 2.75) is 20.0 Å². The number of amides is 2. The molecule has 32 heavy (non-hydrogen) atoms. The third-order valence-corrected chi connectivity index (χ3v) is 4.88. The largest absolute Gasteiger partial charge is 0.497 e. The van der Waals surface area contributed by atoms with Gasteiger partial charge in [0.1, 0.15) is 5.75 Å². The average Bonchev–Trinajstić information content (AvgIpc) is 2.81. The highest BCUT2D eigenvalue weighted by Gasteiger charge is 2.22. The van der Waals surface area contributed by atoms with Gasteiger partial charge < -0.3 is 25.6 Å². The highest BCUT2D eigenvalue weighted by molar-refractivity contribution is 14.0. The van der Waals surface area contributed by atoms with Crippen LogP contribution in [0.2, 0.25) is 0 Å². The summed E-state index contributed by atoms with van der Waals surface area (Å²) in [6, 6.07) is 15.3. The Balaban J connectivity index is 0.00000363. The number of halogens is 1. The Morgan fingerprint density at radius 2 is 1.94 bits per heavy atom. The molecule has 0 radical (unpaired) electrons. The number of benzene rings is 2. The van der Waals surface area contributed by atoms with Gasteiger partial charge in [0.25, 0.3) is 5.91 Å². The second kappa shape index (κ2) is 12.9. The molecule has 0 unspecified atom stereocenters. The normalized spacial score (nSPS) is 13.6. The first kappa shape index (κ1) is 25.4. The first-order chi connectivity index (χ1) is 15.1. The van der Waals surface area contributed by atoms with Gasteiger partial charge in [-0.1, -0.05) is 24.3 Å². The summed E-state index contributed by atoms with van der Waals surface area (Å²) >= 11 is 0. The van der Waals surface area contributed by atoms with Crippen molar-refractivity contribution in [2.24, 2.45) is 4.99 Å². The predicted octanol–water partition coefficient (Wildman–Crippen LogP) is 2.14. The van der Waals surface area contributed by atoms with E-state index in [0.29, 0.717) is 37.7 Å². The lowest BCUT2D eigenvalue weighted by Crippen LogP contribution is -2.49. The lowest BCUT2D eigenvalue weighted by molar-refractivity contribution is -0.123. The van der Waals surface area contributed by atoms with E-state index in [1.807, 2.05) is 43.3 Å². The Morgan fingerprint density at radius 1 is 1.16 bits per heavy atom. The van der Waals surface area contributed by atoms with Crippen molar-refractivity contribution in [3.63, 3.8) is 0 Å². The van der Waals surface area contributed by atoms with Crippen LogP contribution < -0.4 is 20.7 Å². The smallest absolute Gasteiger partial charge is 0.254 e. The van der Waals surface area contributed by atoms with Gasteiger partial charge in [-0.3, -0.25) is 9.59 Å². The number of ether oxygens (including phenoxy) is 1. The molecule has 2 amide bonds. The number of piperazine rings is 1. The van der Waals surface area contributed by atoms with Crippen LogP contribution in [0.3, 0.4) is 0 Å². The van der Waals surface area contributed by atoms with Crippen molar-refractivity contribution in [2.75, 3.05) is 33.3 Å². The number of nitrogens with zero attached hydrogens (tertiary/aromatic N) is 2. The van der Waals surface area contributed by atoms with Crippen molar-refractivity contribution in [1.29, 1.82) is 0 Å². The second-order valence-corrected chi connectivity index (χ2v) is 7.17. The maximum atomic E-state index is 12.6. The standard InChI is InChI=1S/C23H29N5O3.HI/c1-3-24-23(27-15-18-5-4-6-20(13-18)31-2)26-14-17-7-9-19(10-8-17)22(30)28-12-11-25-21(29)16-28;/h4-10,13H,3,11-12,14-16H2,1-2H3,(H,25,29)(H2,24,26,27);1H. The summed E-state index contributed by atoms with van der Waals surface area (Å²) in [6.45, 7) is 5.01. The van der Waals surface area contributed by atoms with E-state index < -0.39 is 0 Å². The minimum Gasteiger partial charge on any atom is -0.497 e. The van der Waals surface area contributed by atoms with Crippen molar-refractivity contribution in [3.05, 3.63) is 65.2 Å². The van der Waals surface area contributed by atoms with E-state index in [1.54, 1.807) is 24.1 Å². The van der Waals surface area contributed by atoms with E-state index in [-0.39, 0.29) is 42.3 Å². The van der Waals surface area contributed by atoms with Gasteiger partial charge in [-0.05, 0) is 42.3 Å². The van der Waals surface area contributed by atoms with Gasteiger partial charge in [-0.15, -0.1) is 24.0 Å². The highest BCUT2D eigenvalue weighted by Crippen LogP contribution is 2.13. The molecule has 0 aliphatic carbocycles. The van der Waals surface area contributed by atoms with Crippen LogP contribution in [0.4, 0.5) is 0 Å². The predicted molar refractivity (Wildman–Crippen MR) is 135 cm³/mol.